The highest BCUT2D eigenvalue weighted by atomic mass is 28.4. The number of fused-ring (bicyclic) bond motifs is 5. The largest absolute Gasteiger partial charge is 0.417 e. The molecule has 0 spiro atoms. The van der Waals surface area contributed by atoms with Gasteiger partial charge in [0.15, 0.2) is 14.1 Å². The fourth-order valence-electron chi connectivity index (χ4n) is 8.17. The van der Waals surface area contributed by atoms with Crippen LogP contribution < -0.4 is 0 Å². The van der Waals surface area contributed by atoms with Crippen molar-refractivity contribution in [3.63, 3.8) is 0 Å². The summed E-state index contributed by atoms with van der Waals surface area (Å²) in [6, 6.07) is 0. The van der Waals surface area contributed by atoms with E-state index in [1.165, 1.54) is 31.3 Å². The monoisotopic (exact) mass is 460 g/mol. The molecule has 3 fully saturated rings. The third kappa shape index (κ3) is 3.81. The SMILES string of the molecule is C[C@H](CO[Si](C)(C)C(C)(C)C)[C@H]1CC[C@H]2[C@@H]3[C@H](O)CC4=CC(=O)CC[C@]4(C)[C@H]3CC[C@]12C. The molecule has 0 aromatic carbocycles. The van der Waals surface area contributed by atoms with Gasteiger partial charge in [-0.2, -0.15) is 0 Å². The predicted molar refractivity (Wildman–Crippen MR) is 134 cm³/mol. The molecule has 0 radical (unpaired) electrons. The van der Waals surface area contributed by atoms with Crippen molar-refractivity contribution in [3.8, 4) is 0 Å². The smallest absolute Gasteiger partial charge is 0.191 e. The lowest BCUT2D eigenvalue weighted by Gasteiger charge is -2.60. The first-order valence-electron chi connectivity index (χ1n) is 13.3. The van der Waals surface area contributed by atoms with E-state index >= 15 is 0 Å². The fraction of sp³-hybridized carbons (Fsp3) is 0.893. The summed E-state index contributed by atoms with van der Waals surface area (Å²) in [6.45, 7) is 19.9. The Morgan fingerprint density at radius 1 is 1.16 bits per heavy atom. The van der Waals surface area contributed by atoms with E-state index < -0.39 is 8.32 Å². The van der Waals surface area contributed by atoms with Crippen molar-refractivity contribution in [2.45, 2.75) is 111 Å². The van der Waals surface area contributed by atoms with Crippen molar-refractivity contribution in [2.24, 2.45) is 40.4 Å². The Balaban J connectivity index is 1.52. The number of hydrogen-bond acceptors (Lipinski definition) is 3. The van der Waals surface area contributed by atoms with Gasteiger partial charge in [0.25, 0.3) is 0 Å². The second-order valence-corrected chi connectivity index (χ2v) is 18.7. The van der Waals surface area contributed by atoms with Crippen LogP contribution in [0.3, 0.4) is 0 Å². The molecule has 3 nitrogen and oxygen atoms in total. The second kappa shape index (κ2) is 8.05. The van der Waals surface area contributed by atoms with Crippen molar-refractivity contribution in [3.05, 3.63) is 11.6 Å². The molecule has 0 heterocycles. The van der Waals surface area contributed by atoms with Gasteiger partial charge in [0.1, 0.15) is 0 Å². The summed E-state index contributed by atoms with van der Waals surface area (Å²) in [7, 11) is -1.73. The average Bonchev–Trinajstić information content (AvgIpc) is 3.04. The Hall–Kier alpha value is -0.453. The summed E-state index contributed by atoms with van der Waals surface area (Å²) < 4.78 is 6.67. The van der Waals surface area contributed by atoms with Crippen LogP contribution in [0.4, 0.5) is 0 Å². The first-order valence-corrected chi connectivity index (χ1v) is 16.2. The van der Waals surface area contributed by atoms with E-state index in [0.29, 0.717) is 47.8 Å². The predicted octanol–water partition coefficient (Wildman–Crippen LogP) is 6.76. The number of aliphatic hydroxyl groups excluding tert-OH is 1. The maximum Gasteiger partial charge on any atom is 0.191 e. The molecule has 3 saturated carbocycles. The van der Waals surface area contributed by atoms with Crippen LogP contribution in [-0.4, -0.2) is 31.9 Å². The molecule has 4 aliphatic carbocycles. The van der Waals surface area contributed by atoms with E-state index in [9.17, 15) is 9.90 Å². The Labute approximate surface area is 197 Å². The summed E-state index contributed by atoms with van der Waals surface area (Å²) >= 11 is 0. The van der Waals surface area contributed by atoms with Crippen LogP contribution in [0, 0.1) is 40.4 Å². The van der Waals surface area contributed by atoms with Gasteiger partial charge in [-0.25, -0.2) is 0 Å². The molecule has 4 rings (SSSR count). The number of hydrogen-bond donors (Lipinski definition) is 1. The molecule has 0 aliphatic heterocycles. The molecule has 8 atom stereocenters. The molecular formula is C28H48O3Si. The fourth-order valence-corrected chi connectivity index (χ4v) is 9.29. The molecule has 0 amide bonds. The maximum absolute atomic E-state index is 12.1. The normalized spacial score (nSPS) is 43.2. The zero-order chi connectivity index (χ0) is 23.7. The average molecular weight is 461 g/mol. The molecular weight excluding hydrogens is 412 g/mol. The standard InChI is InChI=1S/C28H48O3Si/c1-18(17-31-32(7,8)26(2,3)4)21-9-10-22-25-23(12-14-28(21,22)6)27(5)13-11-20(29)15-19(27)16-24(25)30/h15,18,21-25,30H,9-14,16-17H2,1-8H3/t18-,21-,22+,23+,24-,25+,27+,28-/m1/s1. The van der Waals surface area contributed by atoms with E-state index in [4.69, 9.17) is 4.43 Å². The summed E-state index contributed by atoms with van der Waals surface area (Å²) in [5, 5.41) is 11.6. The maximum atomic E-state index is 12.1. The van der Waals surface area contributed by atoms with Crippen LogP contribution >= 0.6 is 0 Å². The lowest BCUT2D eigenvalue weighted by Crippen LogP contribution is -2.55. The van der Waals surface area contributed by atoms with Crippen molar-refractivity contribution < 1.29 is 14.3 Å². The summed E-state index contributed by atoms with van der Waals surface area (Å²) in [4.78, 5) is 12.1. The quantitative estimate of drug-likeness (QED) is 0.471. The first kappa shape index (κ1) is 24.7. The molecule has 182 valence electrons. The highest BCUT2D eigenvalue weighted by molar-refractivity contribution is 6.74. The van der Waals surface area contributed by atoms with E-state index in [-0.39, 0.29) is 22.3 Å². The number of carbonyl (C=O) groups is 1. The molecule has 4 heteroatoms. The summed E-state index contributed by atoms with van der Waals surface area (Å²) in [5.41, 5.74) is 1.67. The summed E-state index contributed by atoms with van der Waals surface area (Å²) in [5.74, 6) is 3.04. The van der Waals surface area contributed by atoms with E-state index in [0.717, 1.165) is 13.0 Å². The van der Waals surface area contributed by atoms with Gasteiger partial charge in [0, 0.05) is 13.0 Å². The Kier molecular flexibility index (Phi) is 6.21. The molecule has 1 N–H and O–H groups in total. The number of carbonyl (C=O) groups excluding carboxylic acids is 1. The van der Waals surface area contributed by atoms with E-state index in [1.807, 2.05) is 6.08 Å². The topological polar surface area (TPSA) is 46.5 Å². The molecule has 0 aromatic rings. The third-order valence-electron chi connectivity index (χ3n) is 11.3. The molecule has 32 heavy (non-hydrogen) atoms. The van der Waals surface area contributed by atoms with Crippen LogP contribution in [-0.2, 0) is 9.22 Å². The summed E-state index contributed by atoms with van der Waals surface area (Å²) in [6.07, 6.45) is 8.97. The van der Waals surface area contributed by atoms with Gasteiger partial charge in [-0.1, -0.05) is 47.1 Å². The minimum Gasteiger partial charge on any atom is -0.417 e. The van der Waals surface area contributed by atoms with Crippen molar-refractivity contribution in [2.75, 3.05) is 6.61 Å². The minimum atomic E-state index is -1.73. The first-order chi connectivity index (χ1) is 14.7. The molecule has 0 aromatic heterocycles. The van der Waals surface area contributed by atoms with Crippen LogP contribution in [0.2, 0.25) is 18.1 Å². The number of rotatable bonds is 4. The second-order valence-electron chi connectivity index (χ2n) is 13.9. The minimum absolute atomic E-state index is 0.119. The zero-order valence-electron chi connectivity index (χ0n) is 22.0. The van der Waals surface area contributed by atoms with Crippen LogP contribution in [0.25, 0.3) is 0 Å². The molecule has 0 bridgehead atoms. The number of aliphatic hydroxyl groups is 1. The van der Waals surface area contributed by atoms with Gasteiger partial charge >= 0.3 is 0 Å². The van der Waals surface area contributed by atoms with Crippen molar-refractivity contribution >= 4 is 14.1 Å². The number of ketones is 1. The molecule has 0 unspecified atom stereocenters. The Bertz CT molecular complexity index is 780. The van der Waals surface area contributed by atoms with Gasteiger partial charge < -0.3 is 9.53 Å². The van der Waals surface area contributed by atoms with Gasteiger partial charge in [0.2, 0.25) is 0 Å². The highest BCUT2D eigenvalue weighted by Gasteiger charge is 2.61. The molecule has 0 saturated heterocycles. The van der Waals surface area contributed by atoms with Gasteiger partial charge in [-0.15, -0.1) is 0 Å². The van der Waals surface area contributed by atoms with Crippen LogP contribution in [0.15, 0.2) is 11.6 Å². The van der Waals surface area contributed by atoms with E-state index in [2.05, 4.69) is 54.6 Å². The van der Waals surface area contributed by atoms with Gasteiger partial charge in [0.05, 0.1) is 6.10 Å². The van der Waals surface area contributed by atoms with E-state index in [1.54, 1.807) is 0 Å². The highest BCUT2D eigenvalue weighted by Crippen LogP contribution is 2.67. The lowest BCUT2D eigenvalue weighted by molar-refractivity contribution is -0.124. The Morgan fingerprint density at radius 3 is 2.50 bits per heavy atom. The third-order valence-corrected chi connectivity index (χ3v) is 15.8. The van der Waals surface area contributed by atoms with Crippen molar-refractivity contribution in [1.82, 2.24) is 0 Å². The van der Waals surface area contributed by atoms with Crippen molar-refractivity contribution in [1.29, 1.82) is 0 Å². The van der Waals surface area contributed by atoms with Crippen LogP contribution in [0.5, 0.6) is 0 Å². The van der Waals surface area contributed by atoms with Crippen LogP contribution in [0.1, 0.15) is 86.5 Å². The Morgan fingerprint density at radius 2 is 1.84 bits per heavy atom. The lowest BCUT2D eigenvalue weighted by atomic mass is 9.46. The van der Waals surface area contributed by atoms with Gasteiger partial charge in [-0.3, -0.25) is 4.79 Å². The zero-order valence-corrected chi connectivity index (χ0v) is 23.0. The van der Waals surface area contributed by atoms with Gasteiger partial charge in [-0.05, 0) is 103 Å². The molecule has 4 aliphatic rings.